The van der Waals surface area contributed by atoms with Gasteiger partial charge in [0, 0.05) is 23.4 Å². The van der Waals surface area contributed by atoms with Crippen molar-refractivity contribution in [3.05, 3.63) is 70.9 Å². The first-order chi connectivity index (χ1) is 16.3. The number of halogens is 2. The molecular formula is C26H22F2N2O4. The van der Waals surface area contributed by atoms with E-state index in [1.807, 2.05) is 18.2 Å². The van der Waals surface area contributed by atoms with E-state index >= 15 is 8.78 Å². The Hall–Kier alpha value is -3.81. The third-order valence-electron chi connectivity index (χ3n) is 6.64. The molecule has 2 aromatic carbocycles. The largest absolute Gasteiger partial charge is 0.493 e. The smallest absolute Gasteiger partial charge is 0.238 e. The number of aromatic nitrogens is 1. The quantitative estimate of drug-likeness (QED) is 0.506. The predicted octanol–water partition coefficient (Wildman–Crippen LogP) is 4.83. The highest BCUT2D eigenvalue weighted by Crippen LogP contribution is 2.55. The van der Waals surface area contributed by atoms with Crippen LogP contribution in [0.4, 0.5) is 14.5 Å². The Morgan fingerprint density at radius 2 is 1.65 bits per heavy atom. The Kier molecular flexibility index (Phi) is 5.11. The Morgan fingerprint density at radius 1 is 1.03 bits per heavy atom. The maximum Gasteiger partial charge on any atom is 0.238 e. The molecule has 2 heterocycles. The van der Waals surface area contributed by atoms with E-state index in [-0.39, 0.29) is 29.7 Å². The van der Waals surface area contributed by atoms with E-state index < -0.39 is 22.7 Å². The van der Waals surface area contributed by atoms with Crippen molar-refractivity contribution in [3.63, 3.8) is 0 Å². The maximum atomic E-state index is 15.2. The lowest BCUT2D eigenvalue weighted by atomic mass is 9.85. The number of methoxy groups -OCH3 is 2. The van der Waals surface area contributed by atoms with E-state index in [9.17, 15) is 9.59 Å². The number of Topliss-reactive ketones (excluding diaryl/α,β-unsaturated/α-hetero) is 1. The van der Waals surface area contributed by atoms with E-state index in [4.69, 9.17) is 9.47 Å². The van der Waals surface area contributed by atoms with E-state index in [0.717, 1.165) is 27.7 Å². The number of anilines is 1. The molecule has 1 fully saturated rings. The molecule has 0 atom stereocenters. The molecular weight excluding hydrogens is 442 g/mol. The fraction of sp³-hybridized carbons (Fsp3) is 0.269. The predicted molar refractivity (Wildman–Crippen MR) is 121 cm³/mol. The molecule has 5 rings (SSSR count). The number of ketones is 1. The Bertz CT molecular complexity index is 1310. The number of hydrogen-bond acceptors (Lipinski definition) is 5. The first kappa shape index (κ1) is 22.0. The summed E-state index contributed by atoms with van der Waals surface area (Å²) in [4.78, 5) is 30.8. The van der Waals surface area contributed by atoms with E-state index in [1.165, 1.54) is 21.1 Å². The van der Waals surface area contributed by atoms with Crippen molar-refractivity contribution in [1.29, 1.82) is 0 Å². The molecule has 1 saturated carbocycles. The van der Waals surface area contributed by atoms with E-state index in [0.29, 0.717) is 24.1 Å². The highest BCUT2D eigenvalue weighted by Gasteiger charge is 2.57. The summed E-state index contributed by atoms with van der Waals surface area (Å²) in [7, 11) is 2.54. The topological polar surface area (TPSA) is 68.7 Å². The zero-order valence-electron chi connectivity index (χ0n) is 18.9. The van der Waals surface area contributed by atoms with Gasteiger partial charge in [-0.15, -0.1) is 0 Å². The van der Waals surface area contributed by atoms with Crippen molar-refractivity contribution >= 4 is 17.4 Å². The molecule has 34 heavy (non-hydrogen) atoms. The highest BCUT2D eigenvalue weighted by molar-refractivity contribution is 6.05. The summed E-state index contributed by atoms with van der Waals surface area (Å²) >= 11 is 0. The molecule has 1 amide bonds. The molecule has 1 spiro atoms. The van der Waals surface area contributed by atoms with Crippen molar-refractivity contribution in [2.24, 2.45) is 0 Å². The van der Waals surface area contributed by atoms with Gasteiger partial charge in [-0.2, -0.15) is 0 Å². The molecule has 3 aromatic rings. The normalized spacial score (nSPS) is 15.8. The van der Waals surface area contributed by atoms with Gasteiger partial charge < -0.3 is 14.4 Å². The van der Waals surface area contributed by atoms with E-state index in [2.05, 4.69) is 4.98 Å². The number of ether oxygens (including phenoxy) is 2. The van der Waals surface area contributed by atoms with Gasteiger partial charge in [-0.25, -0.2) is 8.78 Å². The zero-order valence-corrected chi connectivity index (χ0v) is 18.9. The molecule has 1 aliphatic heterocycles. The lowest BCUT2D eigenvalue weighted by molar-refractivity contribution is -0.121. The number of benzene rings is 2. The minimum absolute atomic E-state index is 0.0267. The summed E-state index contributed by atoms with van der Waals surface area (Å²) in [6, 6.07) is 10.1. The molecule has 0 unspecified atom stereocenters. The monoisotopic (exact) mass is 464 g/mol. The third kappa shape index (κ3) is 3.24. The molecule has 174 valence electrons. The number of nitrogens with zero attached hydrogens (tertiary/aromatic N) is 2. The van der Waals surface area contributed by atoms with Gasteiger partial charge in [-0.1, -0.05) is 24.3 Å². The van der Waals surface area contributed by atoms with Crippen LogP contribution in [-0.4, -0.2) is 30.9 Å². The zero-order chi connectivity index (χ0) is 24.2. The first-order valence-corrected chi connectivity index (χ1v) is 10.8. The van der Waals surface area contributed by atoms with Crippen LogP contribution in [-0.2, 0) is 16.8 Å². The van der Waals surface area contributed by atoms with Crippen molar-refractivity contribution < 1.29 is 27.8 Å². The number of amides is 1. The van der Waals surface area contributed by atoms with Gasteiger partial charge in [-0.05, 0) is 37.0 Å². The average molecular weight is 464 g/mol. The van der Waals surface area contributed by atoms with Crippen LogP contribution in [0.15, 0.2) is 42.6 Å². The summed E-state index contributed by atoms with van der Waals surface area (Å²) < 4.78 is 40.4. The van der Waals surface area contributed by atoms with E-state index in [1.54, 1.807) is 18.3 Å². The molecule has 0 N–H and O–H groups in total. The number of fused-ring (bicyclic) bond motifs is 2. The summed E-state index contributed by atoms with van der Waals surface area (Å²) in [6.45, 7) is 1.47. The lowest BCUT2D eigenvalue weighted by Gasteiger charge is -2.35. The minimum atomic E-state index is -0.955. The second kappa shape index (κ2) is 7.90. The molecule has 1 aliphatic carbocycles. The maximum absolute atomic E-state index is 15.2. The number of pyridine rings is 1. The average Bonchev–Trinajstić information content (AvgIpc) is 3.64. The van der Waals surface area contributed by atoms with Gasteiger partial charge >= 0.3 is 0 Å². The van der Waals surface area contributed by atoms with Crippen LogP contribution in [0.1, 0.15) is 41.3 Å². The number of carbonyl (C=O) groups is 2. The molecule has 6 nitrogen and oxygen atoms in total. The Morgan fingerprint density at radius 3 is 2.18 bits per heavy atom. The summed E-state index contributed by atoms with van der Waals surface area (Å²) in [5.41, 5.74) is 2.30. The minimum Gasteiger partial charge on any atom is -0.493 e. The second-order valence-corrected chi connectivity index (χ2v) is 8.59. The highest BCUT2D eigenvalue weighted by atomic mass is 19.1. The molecule has 0 saturated heterocycles. The summed E-state index contributed by atoms with van der Waals surface area (Å²) in [6.07, 6.45) is 2.80. The third-order valence-corrected chi connectivity index (χ3v) is 6.64. The standard InChI is InChI=1S/C26H22F2N2O4/c1-14(31)15-4-6-16(7-5-15)19-10-18-17(12-29-19)13-30(25(32)26(18)8-9-26)24-22(27)20(33-2)11-21(34-3)23(24)28/h4-7,10-12H,8-9,13H2,1-3H3. The van der Waals surface area contributed by atoms with Crippen LogP contribution in [0.2, 0.25) is 0 Å². The van der Waals surface area contributed by atoms with Crippen molar-refractivity contribution in [3.8, 4) is 22.8 Å². The van der Waals surface area contributed by atoms with Gasteiger partial charge in [0.1, 0.15) is 5.69 Å². The van der Waals surface area contributed by atoms with Crippen LogP contribution in [0.3, 0.4) is 0 Å². The van der Waals surface area contributed by atoms with Crippen LogP contribution in [0.5, 0.6) is 11.5 Å². The van der Waals surface area contributed by atoms with Crippen LogP contribution >= 0.6 is 0 Å². The summed E-state index contributed by atoms with van der Waals surface area (Å²) in [5, 5.41) is 0. The molecule has 0 bridgehead atoms. The fourth-order valence-corrected chi connectivity index (χ4v) is 4.60. The van der Waals surface area contributed by atoms with Gasteiger partial charge in [0.05, 0.1) is 31.9 Å². The number of hydrogen-bond donors (Lipinski definition) is 0. The summed E-state index contributed by atoms with van der Waals surface area (Å²) in [5.74, 6) is -2.72. The van der Waals surface area contributed by atoms with Crippen LogP contribution in [0, 0.1) is 11.6 Å². The Labute approximate surface area is 195 Å². The number of carbonyl (C=O) groups excluding carboxylic acids is 2. The van der Waals surface area contributed by atoms with Gasteiger partial charge in [-0.3, -0.25) is 14.6 Å². The van der Waals surface area contributed by atoms with Crippen LogP contribution in [0.25, 0.3) is 11.3 Å². The van der Waals surface area contributed by atoms with Crippen molar-refractivity contribution in [2.45, 2.75) is 31.7 Å². The first-order valence-electron chi connectivity index (χ1n) is 10.8. The van der Waals surface area contributed by atoms with Crippen molar-refractivity contribution in [1.82, 2.24) is 4.98 Å². The molecule has 2 aliphatic rings. The molecule has 8 heteroatoms. The van der Waals surface area contributed by atoms with Crippen LogP contribution < -0.4 is 14.4 Å². The fourth-order valence-electron chi connectivity index (χ4n) is 4.60. The SMILES string of the molecule is COc1cc(OC)c(F)c(N2Cc3cnc(-c4ccc(C(C)=O)cc4)cc3C3(CC3)C2=O)c1F. The molecule has 0 radical (unpaired) electrons. The van der Waals surface area contributed by atoms with Crippen molar-refractivity contribution in [2.75, 3.05) is 19.1 Å². The molecule has 1 aromatic heterocycles. The number of rotatable bonds is 5. The second-order valence-electron chi connectivity index (χ2n) is 8.59. The van der Waals surface area contributed by atoms with Gasteiger partial charge in [0.25, 0.3) is 0 Å². The Balaban J connectivity index is 1.59. The van der Waals surface area contributed by atoms with Gasteiger partial charge in [0.2, 0.25) is 5.91 Å². The lowest BCUT2D eigenvalue weighted by Crippen LogP contribution is -2.45. The van der Waals surface area contributed by atoms with Gasteiger partial charge in [0.15, 0.2) is 28.9 Å².